The normalized spacial score (nSPS) is 13.3. The SMILES string of the molecule is C#CC#CC#CC#CC#CC#CC#CC#CC#CC1(CCCCCCCC)c2cc(C)ccc2-c2ccc(-c3ccc(-c4nnc(-c5ccc(C)s5)c5c4C(=O)N(CC(CCCCCCCC)CCCCCCCCCC)C5=O)s3)cc21. The number of nitrogens with zero attached hydrogens (tertiary/aromatic N) is 3. The van der Waals surface area contributed by atoms with Gasteiger partial charge >= 0.3 is 0 Å². The van der Waals surface area contributed by atoms with Crippen molar-refractivity contribution >= 4 is 34.5 Å². The van der Waals surface area contributed by atoms with Crippen LogP contribution in [0.3, 0.4) is 0 Å². The number of hydrogen-bond donors (Lipinski definition) is 0. The van der Waals surface area contributed by atoms with E-state index in [1.165, 1.54) is 125 Å². The van der Waals surface area contributed by atoms with E-state index in [1.807, 2.05) is 25.1 Å². The van der Waals surface area contributed by atoms with Gasteiger partial charge in [0.05, 0.1) is 26.3 Å². The van der Waals surface area contributed by atoms with Gasteiger partial charge in [-0.25, -0.2) is 0 Å². The summed E-state index contributed by atoms with van der Waals surface area (Å²) >= 11 is 3.15. The van der Waals surface area contributed by atoms with Crippen molar-refractivity contribution in [3.63, 3.8) is 0 Å². The maximum absolute atomic E-state index is 15.1. The third-order valence-electron chi connectivity index (χ3n) is 15.4. The molecule has 0 N–H and O–H groups in total. The largest absolute Gasteiger partial charge is 0.274 e. The molecule has 2 aromatic carbocycles. The molecule has 1 aliphatic carbocycles. The zero-order chi connectivity index (χ0) is 57.8. The van der Waals surface area contributed by atoms with Gasteiger partial charge in [-0.2, -0.15) is 0 Å². The Bertz CT molecular complexity index is 3650. The number of hydrogen-bond acceptors (Lipinski definition) is 6. The van der Waals surface area contributed by atoms with E-state index in [2.05, 4.69) is 171 Å². The first kappa shape index (κ1) is 61.7. The quantitative estimate of drug-likeness (QED) is 0.0284. The summed E-state index contributed by atoms with van der Waals surface area (Å²) in [5.74, 6) is 46.1. The number of benzene rings is 2. The van der Waals surface area contributed by atoms with Crippen molar-refractivity contribution in [3.05, 3.63) is 93.4 Å². The lowest BCUT2D eigenvalue weighted by atomic mass is 9.74. The van der Waals surface area contributed by atoms with Crippen LogP contribution in [0.15, 0.2) is 60.7 Å². The summed E-state index contributed by atoms with van der Waals surface area (Å²) in [5, 5.41) is 9.67. The summed E-state index contributed by atoms with van der Waals surface area (Å²) in [6.07, 6.45) is 32.2. The number of amides is 2. The first-order chi connectivity index (χ1) is 40.2. The Kier molecular flexibility index (Phi) is 24.9. The van der Waals surface area contributed by atoms with E-state index < -0.39 is 5.41 Å². The molecule has 5 nitrogen and oxygen atoms in total. The van der Waals surface area contributed by atoms with Crippen LogP contribution in [-0.4, -0.2) is 33.5 Å². The second-order valence-electron chi connectivity index (χ2n) is 21.5. The highest BCUT2D eigenvalue weighted by molar-refractivity contribution is 7.18. The molecule has 0 spiro atoms. The predicted octanol–water partition coefficient (Wildman–Crippen LogP) is 17.4. The Balaban J connectivity index is 1.20. The smallest absolute Gasteiger partial charge is 0.263 e. The third-order valence-corrected chi connectivity index (χ3v) is 17.5. The fourth-order valence-corrected chi connectivity index (χ4v) is 13.0. The van der Waals surface area contributed by atoms with Crippen LogP contribution in [0.5, 0.6) is 0 Å². The van der Waals surface area contributed by atoms with Gasteiger partial charge in [-0.05, 0) is 192 Å². The number of fused-ring (bicyclic) bond motifs is 4. The highest BCUT2D eigenvalue weighted by atomic mass is 32.1. The van der Waals surface area contributed by atoms with Crippen molar-refractivity contribution in [1.82, 2.24) is 15.1 Å². The molecule has 2 aliphatic rings. The first-order valence-electron chi connectivity index (χ1n) is 29.9. The standard InChI is InChI=1S/C75H75N3O2S2/c1-7-11-15-19-23-25-26-27-28-29-30-31-32-34-38-42-54-75(53-41-37-22-18-14-10-4)64-55-58(5)45-48-62(64)63-49-47-61(56-65(63)75)66-51-52-68(82-66)72-70-69(71(76-77-72)67-50-46-59(6)81-67)73(79)78(74(70)80)57-60(43-39-35-21-17-13-9-3)44-40-36-33-24-20-16-12-8-2/h1,45-52,55-56,60H,8-10,12-14,16-18,20-22,24,33,35-37,39-41,43-44,53,57H2,2-6H3. The second kappa shape index (κ2) is 33.1. The molecule has 82 heavy (non-hydrogen) atoms. The average Bonchev–Trinajstić information content (AvgIpc) is 4.41. The van der Waals surface area contributed by atoms with Gasteiger partial charge < -0.3 is 0 Å². The molecule has 414 valence electrons. The molecule has 0 fully saturated rings. The molecular formula is C75H75N3O2S2. The number of imide groups is 1. The Labute approximate surface area is 499 Å². The van der Waals surface area contributed by atoms with Crippen molar-refractivity contribution in [1.29, 1.82) is 0 Å². The molecule has 0 radical (unpaired) electrons. The molecule has 0 saturated carbocycles. The molecule has 4 heterocycles. The highest BCUT2D eigenvalue weighted by Crippen LogP contribution is 2.53. The van der Waals surface area contributed by atoms with E-state index in [1.54, 1.807) is 27.6 Å². The number of thiophene rings is 2. The van der Waals surface area contributed by atoms with Crippen LogP contribution in [-0.2, 0) is 5.41 Å². The third kappa shape index (κ3) is 16.8. The molecule has 2 atom stereocenters. The van der Waals surface area contributed by atoms with Crippen LogP contribution >= 0.6 is 22.7 Å². The zero-order valence-corrected chi connectivity index (χ0v) is 50.5. The van der Waals surface area contributed by atoms with Gasteiger partial charge in [-0.15, -0.1) is 39.3 Å². The molecule has 2 unspecified atom stereocenters. The summed E-state index contributed by atoms with van der Waals surface area (Å²) in [6, 6.07) is 21.6. The van der Waals surface area contributed by atoms with Gasteiger partial charge in [0.2, 0.25) is 0 Å². The van der Waals surface area contributed by atoms with Gasteiger partial charge in [0, 0.05) is 16.3 Å². The topological polar surface area (TPSA) is 63.2 Å². The van der Waals surface area contributed by atoms with Crippen molar-refractivity contribution < 1.29 is 9.59 Å². The molecule has 0 bridgehead atoms. The van der Waals surface area contributed by atoms with E-state index >= 15 is 4.79 Å². The highest BCUT2D eigenvalue weighted by Gasteiger charge is 2.44. The molecule has 3 aromatic heterocycles. The summed E-state index contributed by atoms with van der Waals surface area (Å²) < 4.78 is 0. The zero-order valence-electron chi connectivity index (χ0n) is 48.9. The number of carbonyl (C=O) groups excluding carboxylic acids is 2. The van der Waals surface area contributed by atoms with Crippen molar-refractivity contribution in [2.75, 3.05) is 6.54 Å². The Morgan fingerprint density at radius 3 is 1.44 bits per heavy atom. The minimum Gasteiger partial charge on any atom is -0.274 e. The van der Waals surface area contributed by atoms with Gasteiger partial charge in [0.15, 0.2) is 0 Å². The van der Waals surface area contributed by atoms with Crippen LogP contribution in [0.2, 0.25) is 0 Å². The first-order valence-corrected chi connectivity index (χ1v) is 31.6. The molecule has 0 saturated heterocycles. The van der Waals surface area contributed by atoms with Crippen molar-refractivity contribution in [3.8, 4) is 150 Å². The van der Waals surface area contributed by atoms with E-state index in [0.717, 1.165) is 75.6 Å². The fraction of sp³-hybridized carbons (Fsp3) is 0.413. The minimum absolute atomic E-state index is 0.240. The van der Waals surface area contributed by atoms with Gasteiger partial charge in [-0.3, -0.25) is 14.5 Å². The lowest BCUT2D eigenvalue weighted by molar-refractivity contribution is 0.0622. The van der Waals surface area contributed by atoms with Crippen molar-refractivity contribution in [2.24, 2.45) is 5.92 Å². The molecule has 7 rings (SSSR count). The molecular weight excluding hydrogens is 1040 g/mol. The van der Waals surface area contributed by atoms with E-state index in [-0.39, 0.29) is 17.7 Å². The van der Waals surface area contributed by atoms with E-state index in [4.69, 9.17) is 16.6 Å². The summed E-state index contributed by atoms with van der Waals surface area (Å²) in [5.41, 5.74) is 8.01. The maximum atomic E-state index is 15.1. The van der Waals surface area contributed by atoms with Crippen molar-refractivity contribution in [2.45, 2.75) is 188 Å². The number of aryl methyl sites for hydroxylation is 2. The number of unbranched alkanes of at least 4 members (excludes halogenated alkanes) is 17. The molecule has 2 amide bonds. The van der Waals surface area contributed by atoms with Crippen LogP contribution in [0.25, 0.3) is 42.7 Å². The summed E-state index contributed by atoms with van der Waals surface area (Å²) in [4.78, 5) is 35.4. The Hall–Kier alpha value is -7.90. The average molecular weight is 1110 g/mol. The monoisotopic (exact) mass is 1110 g/mol. The summed E-state index contributed by atoms with van der Waals surface area (Å²) in [7, 11) is 0. The maximum Gasteiger partial charge on any atom is 0.263 e. The molecule has 7 heteroatoms. The van der Waals surface area contributed by atoms with E-state index in [0.29, 0.717) is 29.1 Å². The van der Waals surface area contributed by atoms with Crippen LogP contribution < -0.4 is 0 Å². The van der Waals surface area contributed by atoms with Crippen LogP contribution in [0.1, 0.15) is 211 Å². The Morgan fingerprint density at radius 1 is 0.488 bits per heavy atom. The molecule has 1 aliphatic heterocycles. The Morgan fingerprint density at radius 2 is 0.927 bits per heavy atom. The molecule has 5 aromatic rings. The van der Waals surface area contributed by atoms with Crippen LogP contribution in [0, 0.1) is 127 Å². The number of terminal acetylenes is 1. The fourth-order valence-electron chi connectivity index (χ4n) is 11.2. The van der Waals surface area contributed by atoms with Gasteiger partial charge in [0.25, 0.3) is 11.8 Å². The number of carbonyl (C=O) groups is 2. The van der Waals surface area contributed by atoms with Gasteiger partial charge in [0.1, 0.15) is 11.4 Å². The second-order valence-corrected chi connectivity index (χ2v) is 23.9. The lowest BCUT2D eigenvalue weighted by Gasteiger charge is -2.27. The van der Waals surface area contributed by atoms with Gasteiger partial charge in [-0.1, -0.05) is 191 Å². The summed E-state index contributed by atoms with van der Waals surface area (Å²) in [6.45, 7) is 11.4. The van der Waals surface area contributed by atoms with Crippen LogP contribution in [0.4, 0.5) is 0 Å². The number of aromatic nitrogens is 2. The predicted molar refractivity (Wildman–Crippen MR) is 343 cm³/mol. The number of rotatable bonds is 28. The lowest BCUT2D eigenvalue weighted by Crippen LogP contribution is -2.34. The van der Waals surface area contributed by atoms with E-state index in [9.17, 15) is 4.79 Å². The minimum atomic E-state index is -0.617.